The molecule has 0 spiro atoms. The summed E-state index contributed by atoms with van der Waals surface area (Å²) >= 11 is 0. The lowest BCUT2D eigenvalue weighted by atomic mass is 9.89. The maximum atomic E-state index is 11.1. The minimum atomic E-state index is -0.873. The van der Waals surface area contributed by atoms with E-state index in [9.17, 15) is 9.70 Å². The van der Waals surface area contributed by atoms with Crippen molar-refractivity contribution in [3.8, 4) is 0 Å². The normalized spacial score (nSPS) is 23.7. The summed E-state index contributed by atoms with van der Waals surface area (Å²) in [6, 6.07) is 7.74. The van der Waals surface area contributed by atoms with Crippen molar-refractivity contribution >= 4 is 5.97 Å². The second-order valence-electron chi connectivity index (χ2n) is 4.42. The zero-order valence-corrected chi connectivity index (χ0v) is 9.54. The summed E-state index contributed by atoms with van der Waals surface area (Å²) in [5.74, 6) is -1.59. The largest absolute Gasteiger partial charge is 0.481 e. The summed E-state index contributed by atoms with van der Waals surface area (Å²) < 4.78 is 0. The lowest BCUT2D eigenvalue weighted by Crippen LogP contribution is -2.21. The molecule has 0 amide bonds. The van der Waals surface area contributed by atoms with E-state index in [1.54, 1.807) is 0 Å². The molecule has 1 aromatic carbocycles. The third-order valence-corrected chi connectivity index (χ3v) is 3.24. The Morgan fingerprint density at radius 3 is 2.53 bits per heavy atom. The Kier molecular flexibility index (Phi) is 3.08. The van der Waals surface area contributed by atoms with Crippen molar-refractivity contribution in [2.24, 2.45) is 11.2 Å². The van der Waals surface area contributed by atoms with Crippen molar-refractivity contribution in [3.05, 3.63) is 40.3 Å². The fraction of sp³-hybridized carbons (Fsp3) is 0.417. The molecule has 5 heteroatoms. The predicted octanol–water partition coefficient (Wildman–Crippen LogP) is 1.78. The van der Waals surface area contributed by atoms with Crippen LogP contribution in [0.1, 0.15) is 17.0 Å². The first-order valence-corrected chi connectivity index (χ1v) is 5.49. The van der Waals surface area contributed by atoms with Gasteiger partial charge in [0.15, 0.2) is 0 Å². The van der Waals surface area contributed by atoms with Crippen molar-refractivity contribution in [1.82, 2.24) is 5.01 Å². The monoisotopic (exact) mass is 234 g/mol. The number of aliphatic carboxylic acids is 1. The Balaban J connectivity index is 2.26. The van der Waals surface area contributed by atoms with Gasteiger partial charge in [0.05, 0.1) is 17.7 Å². The number of hydrogen-bond donors (Lipinski definition) is 1. The molecular weight excluding hydrogens is 220 g/mol. The van der Waals surface area contributed by atoms with Crippen LogP contribution in [0.3, 0.4) is 0 Å². The summed E-state index contributed by atoms with van der Waals surface area (Å²) in [6.45, 7) is 2.55. The van der Waals surface area contributed by atoms with Gasteiger partial charge < -0.3 is 5.11 Å². The van der Waals surface area contributed by atoms with Crippen LogP contribution in [0.25, 0.3) is 0 Å². The first-order valence-electron chi connectivity index (χ1n) is 5.49. The van der Waals surface area contributed by atoms with Crippen LogP contribution in [0.5, 0.6) is 0 Å². The van der Waals surface area contributed by atoms with E-state index in [1.165, 1.54) is 5.01 Å². The van der Waals surface area contributed by atoms with Crippen LogP contribution in [-0.4, -0.2) is 29.2 Å². The molecule has 2 rings (SSSR count). The van der Waals surface area contributed by atoms with Gasteiger partial charge in [-0.25, -0.2) is 0 Å². The van der Waals surface area contributed by atoms with E-state index in [0.717, 1.165) is 11.1 Å². The molecule has 0 bridgehead atoms. The fourth-order valence-corrected chi connectivity index (χ4v) is 2.25. The van der Waals surface area contributed by atoms with Crippen LogP contribution in [0.2, 0.25) is 0 Å². The number of carboxylic acid groups (broad SMARTS) is 1. The van der Waals surface area contributed by atoms with Crippen LogP contribution >= 0.6 is 0 Å². The zero-order chi connectivity index (χ0) is 12.4. The standard InChI is InChI=1S/C12H14N2O3/c1-8-2-4-9(5-3-8)10-6-14(13-17)7-11(10)12(15)16/h2-5,10-11H,6-7H2,1H3,(H,15,16). The molecule has 2 atom stereocenters. The second kappa shape index (κ2) is 4.53. The highest BCUT2D eigenvalue weighted by Gasteiger charge is 2.38. The minimum Gasteiger partial charge on any atom is -0.481 e. The van der Waals surface area contributed by atoms with Crippen molar-refractivity contribution in [2.75, 3.05) is 13.1 Å². The molecule has 1 fully saturated rings. The number of nitroso groups, excluding NO2 is 1. The Labute approximate surface area is 99.0 Å². The van der Waals surface area contributed by atoms with Crippen molar-refractivity contribution in [3.63, 3.8) is 0 Å². The average Bonchev–Trinajstić information content (AvgIpc) is 2.74. The maximum Gasteiger partial charge on any atom is 0.309 e. The molecule has 1 saturated heterocycles. The van der Waals surface area contributed by atoms with Crippen molar-refractivity contribution in [1.29, 1.82) is 0 Å². The van der Waals surface area contributed by atoms with Crippen LogP contribution in [0.4, 0.5) is 0 Å². The molecule has 0 aromatic heterocycles. The molecule has 1 aromatic rings. The van der Waals surface area contributed by atoms with Gasteiger partial charge in [-0.05, 0) is 12.5 Å². The van der Waals surface area contributed by atoms with E-state index >= 15 is 0 Å². The molecule has 2 unspecified atom stereocenters. The van der Waals surface area contributed by atoms with Crippen LogP contribution in [0, 0.1) is 17.7 Å². The SMILES string of the molecule is Cc1ccc(C2CN(N=O)CC2C(=O)O)cc1. The summed E-state index contributed by atoms with van der Waals surface area (Å²) in [7, 11) is 0. The molecule has 0 radical (unpaired) electrons. The number of hydrogen-bond acceptors (Lipinski definition) is 3. The first kappa shape index (κ1) is 11.6. The van der Waals surface area contributed by atoms with Crippen molar-refractivity contribution < 1.29 is 9.90 Å². The smallest absolute Gasteiger partial charge is 0.309 e. The summed E-state index contributed by atoms with van der Waals surface area (Å²) in [5, 5.41) is 13.3. The predicted molar refractivity (Wildman–Crippen MR) is 62.4 cm³/mol. The molecule has 1 aliphatic rings. The van der Waals surface area contributed by atoms with E-state index < -0.39 is 11.9 Å². The quantitative estimate of drug-likeness (QED) is 0.809. The maximum absolute atomic E-state index is 11.1. The Hall–Kier alpha value is -1.91. The molecule has 90 valence electrons. The lowest BCUT2D eigenvalue weighted by Gasteiger charge is -2.14. The minimum absolute atomic E-state index is 0.161. The third kappa shape index (κ3) is 2.27. The Bertz CT molecular complexity index is 430. The van der Waals surface area contributed by atoms with Gasteiger partial charge in [0.25, 0.3) is 0 Å². The molecular formula is C12H14N2O3. The molecule has 0 saturated carbocycles. The number of carboxylic acids is 1. The van der Waals surface area contributed by atoms with Gasteiger partial charge in [0.1, 0.15) is 0 Å². The van der Waals surface area contributed by atoms with Gasteiger partial charge >= 0.3 is 5.97 Å². The lowest BCUT2D eigenvalue weighted by molar-refractivity contribution is -0.141. The average molecular weight is 234 g/mol. The van der Waals surface area contributed by atoms with Gasteiger partial charge in [0, 0.05) is 12.5 Å². The van der Waals surface area contributed by atoms with Crippen LogP contribution < -0.4 is 0 Å². The number of aryl methyl sites for hydroxylation is 1. The van der Waals surface area contributed by atoms with E-state index in [2.05, 4.69) is 5.29 Å². The highest BCUT2D eigenvalue weighted by Crippen LogP contribution is 2.33. The zero-order valence-electron chi connectivity index (χ0n) is 9.54. The first-order chi connectivity index (χ1) is 8.11. The molecule has 1 heterocycles. The molecule has 5 nitrogen and oxygen atoms in total. The number of rotatable bonds is 3. The van der Waals surface area contributed by atoms with Gasteiger partial charge in [-0.3, -0.25) is 9.80 Å². The van der Waals surface area contributed by atoms with Crippen LogP contribution in [-0.2, 0) is 4.79 Å². The summed E-state index contributed by atoms with van der Waals surface area (Å²) in [5.41, 5.74) is 2.08. The second-order valence-corrected chi connectivity index (χ2v) is 4.42. The summed E-state index contributed by atoms with van der Waals surface area (Å²) in [4.78, 5) is 21.6. The Morgan fingerprint density at radius 2 is 2.00 bits per heavy atom. The topological polar surface area (TPSA) is 70.0 Å². The highest BCUT2D eigenvalue weighted by molar-refractivity contribution is 5.72. The number of nitrogens with zero attached hydrogens (tertiary/aromatic N) is 2. The molecule has 17 heavy (non-hydrogen) atoms. The fourth-order valence-electron chi connectivity index (χ4n) is 2.25. The van der Waals surface area contributed by atoms with E-state index in [4.69, 9.17) is 5.11 Å². The van der Waals surface area contributed by atoms with Gasteiger partial charge in [-0.1, -0.05) is 29.8 Å². The van der Waals surface area contributed by atoms with Gasteiger partial charge in [-0.15, -0.1) is 4.91 Å². The summed E-state index contributed by atoms with van der Waals surface area (Å²) in [6.07, 6.45) is 0. The van der Waals surface area contributed by atoms with E-state index in [1.807, 2.05) is 31.2 Å². The van der Waals surface area contributed by atoms with Crippen molar-refractivity contribution in [2.45, 2.75) is 12.8 Å². The Morgan fingerprint density at radius 1 is 1.35 bits per heavy atom. The van der Waals surface area contributed by atoms with E-state index in [0.29, 0.717) is 6.54 Å². The van der Waals surface area contributed by atoms with Gasteiger partial charge in [-0.2, -0.15) is 0 Å². The molecule has 0 aliphatic carbocycles. The van der Waals surface area contributed by atoms with Crippen LogP contribution in [0.15, 0.2) is 29.6 Å². The van der Waals surface area contributed by atoms with Gasteiger partial charge in [0.2, 0.25) is 0 Å². The van der Waals surface area contributed by atoms with E-state index in [-0.39, 0.29) is 12.5 Å². The highest BCUT2D eigenvalue weighted by atomic mass is 16.4. The number of benzene rings is 1. The number of carbonyl (C=O) groups is 1. The molecule has 1 N–H and O–H groups in total. The third-order valence-electron chi connectivity index (χ3n) is 3.24. The molecule has 1 aliphatic heterocycles.